The summed E-state index contributed by atoms with van der Waals surface area (Å²) in [6.07, 6.45) is 0. The molecule has 1 aromatic heterocycles. The maximum absolute atomic E-state index is 13.2. The van der Waals surface area contributed by atoms with Crippen LogP contribution in [0.3, 0.4) is 0 Å². The van der Waals surface area contributed by atoms with Crippen LogP contribution in [-0.2, 0) is 6.54 Å². The van der Waals surface area contributed by atoms with Gasteiger partial charge in [0.05, 0.1) is 15.6 Å². The summed E-state index contributed by atoms with van der Waals surface area (Å²) in [5.41, 5.74) is 1.72. The van der Waals surface area contributed by atoms with Gasteiger partial charge < -0.3 is 19.7 Å². The zero-order chi connectivity index (χ0) is 21.8. The van der Waals surface area contributed by atoms with Crippen LogP contribution in [0, 0.1) is 0 Å². The van der Waals surface area contributed by atoms with Crippen molar-refractivity contribution in [2.75, 3.05) is 25.1 Å². The Balaban J connectivity index is 1.54. The molecule has 8 heteroatoms. The number of carbonyl (C=O) groups excluding carboxylic acids is 2. The van der Waals surface area contributed by atoms with Gasteiger partial charge in [0, 0.05) is 24.2 Å². The quantitative estimate of drug-likeness (QED) is 0.561. The van der Waals surface area contributed by atoms with Crippen LogP contribution in [0.5, 0.6) is 11.5 Å². The molecule has 1 aliphatic rings. The summed E-state index contributed by atoms with van der Waals surface area (Å²) in [5.74, 6) is 0.944. The van der Waals surface area contributed by atoms with Crippen molar-refractivity contribution in [2.24, 2.45) is 0 Å². The fourth-order valence-electron chi connectivity index (χ4n) is 3.32. The molecule has 0 aliphatic carbocycles. The summed E-state index contributed by atoms with van der Waals surface area (Å²) in [6, 6.07) is 14.1. The summed E-state index contributed by atoms with van der Waals surface area (Å²) >= 11 is 7.60. The highest BCUT2D eigenvalue weighted by atomic mass is 35.5. The molecular formula is C23H21ClN2O4S. The molecule has 0 saturated heterocycles. The van der Waals surface area contributed by atoms with E-state index in [1.165, 1.54) is 11.3 Å². The van der Waals surface area contributed by atoms with Gasteiger partial charge in [-0.15, -0.1) is 11.3 Å². The number of halogens is 1. The molecule has 1 N–H and O–H groups in total. The van der Waals surface area contributed by atoms with Crippen LogP contribution < -0.4 is 14.8 Å². The first-order chi connectivity index (χ1) is 15.1. The molecule has 0 saturated carbocycles. The van der Waals surface area contributed by atoms with Crippen LogP contribution in [0.25, 0.3) is 0 Å². The highest BCUT2D eigenvalue weighted by Gasteiger charge is 2.21. The van der Waals surface area contributed by atoms with Gasteiger partial charge in [-0.3, -0.25) is 9.59 Å². The van der Waals surface area contributed by atoms with Crippen molar-refractivity contribution >= 4 is 40.4 Å². The van der Waals surface area contributed by atoms with E-state index in [9.17, 15) is 9.59 Å². The SMILES string of the molecule is CCN(Cc1cccc2c1OCCO2)C(=O)c1ccc(Cl)c(NC(=O)c2cccs2)c1. The molecule has 3 aromatic rings. The van der Waals surface area contributed by atoms with E-state index in [2.05, 4.69) is 5.32 Å². The Hall–Kier alpha value is -3.03. The maximum Gasteiger partial charge on any atom is 0.265 e. The van der Waals surface area contributed by atoms with Gasteiger partial charge in [0.25, 0.3) is 11.8 Å². The molecular weight excluding hydrogens is 436 g/mol. The lowest BCUT2D eigenvalue weighted by molar-refractivity contribution is 0.0749. The van der Waals surface area contributed by atoms with Gasteiger partial charge in [0.15, 0.2) is 11.5 Å². The third-order valence-corrected chi connectivity index (χ3v) is 6.08. The topological polar surface area (TPSA) is 67.9 Å². The Bertz CT molecular complexity index is 1100. The largest absolute Gasteiger partial charge is 0.486 e. The first kappa shape index (κ1) is 21.2. The molecule has 0 atom stereocenters. The van der Waals surface area contributed by atoms with E-state index < -0.39 is 0 Å². The second kappa shape index (κ2) is 9.41. The molecule has 0 fully saturated rings. The van der Waals surface area contributed by atoms with Gasteiger partial charge in [-0.2, -0.15) is 0 Å². The van der Waals surface area contributed by atoms with Gasteiger partial charge in [0.2, 0.25) is 0 Å². The number of benzene rings is 2. The Morgan fingerprint density at radius 2 is 1.97 bits per heavy atom. The minimum atomic E-state index is -0.262. The molecule has 0 unspecified atom stereocenters. The van der Waals surface area contributed by atoms with Gasteiger partial charge in [-0.1, -0.05) is 29.8 Å². The van der Waals surface area contributed by atoms with Crippen LogP contribution in [0.1, 0.15) is 32.5 Å². The van der Waals surface area contributed by atoms with Gasteiger partial charge in [0.1, 0.15) is 13.2 Å². The van der Waals surface area contributed by atoms with Crippen LogP contribution in [-0.4, -0.2) is 36.5 Å². The number of hydrogen-bond donors (Lipinski definition) is 1. The molecule has 1 aliphatic heterocycles. The minimum Gasteiger partial charge on any atom is -0.486 e. The standard InChI is InChI=1S/C23H21ClN2O4S/c1-2-26(14-16-5-3-6-19-21(16)30-11-10-29-19)23(28)15-8-9-17(24)18(13-15)25-22(27)20-7-4-12-31-20/h3-9,12-13H,2,10-11,14H2,1H3,(H,25,27). The maximum atomic E-state index is 13.2. The number of nitrogens with one attached hydrogen (secondary N) is 1. The first-order valence-corrected chi connectivity index (χ1v) is 11.1. The monoisotopic (exact) mass is 456 g/mol. The van der Waals surface area contributed by atoms with Crippen molar-refractivity contribution in [1.82, 2.24) is 4.90 Å². The second-order valence-corrected chi connectivity index (χ2v) is 8.24. The summed E-state index contributed by atoms with van der Waals surface area (Å²) in [7, 11) is 0. The van der Waals surface area contributed by atoms with Crippen LogP contribution >= 0.6 is 22.9 Å². The van der Waals surface area contributed by atoms with E-state index in [0.717, 1.165) is 5.56 Å². The number of ether oxygens (including phenoxy) is 2. The lowest BCUT2D eigenvalue weighted by Crippen LogP contribution is -2.31. The summed E-state index contributed by atoms with van der Waals surface area (Å²) in [4.78, 5) is 27.9. The zero-order valence-corrected chi connectivity index (χ0v) is 18.5. The highest BCUT2D eigenvalue weighted by Crippen LogP contribution is 2.34. The zero-order valence-electron chi connectivity index (χ0n) is 16.9. The molecule has 6 nitrogen and oxygen atoms in total. The number of rotatable bonds is 6. The Morgan fingerprint density at radius 1 is 1.13 bits per heavy atom. The van der Waals surface area contributed by atoms with Crippen LogP contribution in [0.15, 0.2) is 53.9 Å². The van der Waals surface area contributed by atoms with Crippen molar-refractivity contribution in [2.45, 2.75) is 13.5 Å². The van der Waals surface area contributed by atoms with Crippen LogP contribution in [0.2, 0.25) is 5.02 Å². The van der Waals surface area contributed by atoms with Crippen molar-refractivity contribution in [3.63, 3.8) is 0 Å². The lowest BCUT2D eigenvalue weighted by atomic mass is 10.1. The molecule has 2 amide bonds. The van der Waals surface area contributed by atoms with Gasteiger partial charge in [-0.05, 0) is 42.6 Å². The number of para-hydroxylation sites is 1. The Kier molecular flexibility index (Phi) is 6.44. The predicted molar refractivity (Wildman–Crippen MR) is 122 cm³/mol. The normalized spacial score (nSPS) is 12.3. The van der Waals surface area contributed by atoms with Gasteiger partial charge >= 0.3 is 0 Å². The smallest absolute Gasteiger partial charge is 0.265 e. The number of carbonyl (C=O) groups is 2. The fourth-order valence-corrected chi connectivity index (χ4v) is 4.10. The molecule has 4 rings (SSSR count). The first-order valence-electron chi connectivity index (χ1n) is 9.88. The molecule has 0 spiro atoms. The van der Waals surface area contributed by atoms with E-state index in [1.807, 2.05) is 30.5 Å². The molecule has 31 heavy (non-hydrogen) atoms. The summed E-state index contributed by atoms with van der Waals surface area (Å²) < 4.78 is 11.4. The lowest BCUT2D eigenvalue weighted by Gasteiger charge is -2.25. The predicted octanol–water partition coefficient (Wildman–Crippen LogP) is 5.09. The molecule has 160 valence electrons. The van der Waals surface area contributed by atoms with E-state index in [4.69, 9.17) is 21.1 Å². The Morgan fingerprint density at radius 3 is 2.74 bits per heavy atom. The molecule has 2 heterocycles. The third-order valence-electron chi connectivity index (χ3n) is 4.88. The Labute approximate surface area is 189 Å². The highest BCUT2D eigenvalue weighted by molar-refractivity contribution is 7.12. The van der Waals surface area contributed by atoms with Crippen molar-refractivity contribution in [3.8, 4) is 11.5 Å². The van der Waals surface area contributed by atoms with Crippen molar-refractivity contribution in [1.29, 1.82) is 0 Å². The minimum absolute atomic E-state index is 0.167. The van der Waals surface area contributed by atoms with Gasteiger partial charge in [-0.25, -0.2) is 0 Å². The fraction of sp³-hybridized carbons (Fsp3) is 0.217. The van der Waals surface area contributed by atoms with Crippen molar-refractivity contribution < 1.29 is 19.1 Å². The summed E-state index contributed by atoms with van der Waals surface area (Å²) in [5, 5.41) is 4.98. The van der Waals surface area contributed by atoms with E-state index in [1.54, 1.807) is 35.2 Å². The molecule has 0 bridgehead atoms. The number of thiophene rings is 1. The number of amides is 2. The average molecular weight is 457 g/mol. The van der Waals surface area contributed by atoms with E-state index >= 15 is 0 Å². The van der Waals surface area contributed by atoms with Crippen LogP contribution in [0.4, 0.5) is 5.69 Å². The van der Waals surface area contributed by atoms with E-state index in [0.29, 0.717) is 59.0 Å². The molecule has 2 aromatic carbocycles. The molecule has 0 radical (unpaired) electrons. The number of nitrogens with zero attached hydrogens (tertiary/aromatic N) is 1. The number of hydrogen-bond acceptors (Lipinski definition) is 5. The number of anilines is 1. The summed E-state index contributed by atoms with van der Waals surface area (Å²) in [6.45, 7) is 3.79. The number of fused-ring (bicyclic) bond motifs is 1. The van der Waals surface area contributed by atoms with Crippen molar-refractivity contribution in [3.05, 3.63) is 74.9 Å². The second-order valence-electron chi connectivity index (χ2n) is 6.89. The van der Waals surface area contributed by atoms with E-state index in [-0.39, 0.29) is 11.8 Å². The average Bonchev–Trinajstić information content (AvgIpc) is 3.34. The third kappa shape index (κ3) is 4.68.